The fourth-order valence-electron chi connectivity index (χ4n) is 1.92. The zero-order valence-electron chi connectivity index (χ0n) is 10.2. The van der Waals surface area contributed by atoms with Gasteiger partial charge in [-0.3, -0.25) is 0 Å². The Balaban J connectivity index is 2.44. The fraction of sp³-hybridized carbons (Fsp3) is 0.333. The number of pyridine rings is 1. The van der Waals surface area contributed by atoms with Crippen molar-refractivity contribution in [2.75, 3.05) is 19.3 Å². The Bertz CT molecular complexity index is 577. The highest BCUT2D eigenvalue weighted by molar-refractivity contribution is 5.94. The molecule has 6 heteroatoms. The maximum atomic E-state index is 11.1. The second-order valence-corrected chi connectivity index (χ2v) is 4.10. The summed E-state index contributed by atoms with van der Waals surface area (Å²) >= 11 is 0. The molecule has 0 spiro atoms. The number of carboxylic acids is 1. The topological polar surface area (TPSA) is 92.6 Å². The Morgan fingerprint density at radius 1 is 1.61 bits per heavy atom. The normalized spacial score (nSPS) is 10.9. The van der Waals surface area contributed by atoms with Crippen LogP contribution in [0.15, 0.2) is 18.3 Å². The van der Waals surface area contributed by atoms with Crippen molar-refractivity contribution in [2.45, 2.75) is 12.8 Å². The van der Waals surface area contributed by atoms with E-state index in [-0.39, 0.29) is 5.69 Å². The molecule has 0 unspecified atom stereocenters. The number of hydrogen-bond acceptors (Lipinski definition) is 4. The van der Waals surface area contributed by atoms with Crippen LogP contribution in [0.3, 0.4) is 0 Å². The predicted octanol–water partition coefficient (Wildman–Crippen LogP) is 0.767. The van der Waals surface area contributed by atoms with E-state index < -0.39 is 5.97 Å². The largest absolute Gasteiger partial charge is 0.476 e. The number of fused-ring (bicyclic) bond motifs is 1. The van der Waals surface area contributed by atoms with Crippen molar-refractivity contribution in [3.8, 4) is 0 Å². The molecule has 0 aliphatic rings. The minimum atomic E-state index is -1.03. The van der Waals surface area contributed by atoms with Gasteiger partial charge >= 0.3 is 5.97 Å². The molecule has 0 saturated heterocycles. The lowest BCUT2D eigenvalue weighted by atomic mass is 10.3. The van der Waals surface area contributed by atoms with Gasteiger partial charge in [-0.25, -0.2) is 9.78 Å². The lowest BCUT2D eigenvalue weighted by Gasteiger charge is -2.01. The molecule has 96 valence electrons. The number of carbonyl (C=O) groups is 1. The lowest BCUT2D eigenvalue weighted by Crippen LogP contribution is -2.09. The second-order valence-electron chi connectivity index (χ2n) is 4.10. The van der Waals surface area contributed by atoms with Crippen LogP contribution >= 0.6 is 0 Å². The molecule has 0 bridgehead atoms. The highest BCUT2D eigenvalue weighted by atomic mass is 16.4. The van der Waals surface area contributed by atoms with Gasteiger partial charge in [0.25, 0.3) is 0 Å². The smallest absolute Gasteiger partial charge is 0.356 e. The first-order chi connectivity index (χ1) is 8.63. The third-order valence-electron chi connectivity index (χ3n) is 2.77. The van der Waals surface area contributed by atoms with Crippen molar-refractivity contribution in [1.29, 1.82) is 0 Å². The molecule has 2 heterocycles. The molecule has 4 N–H and O–H groups in total. The predicted molar refractivity (Wildman–Crippen MR) is 68.8 cm³/mol. The summed E-state index contributed by atoms with van der Waals surface area (Å²) in [6.07, 6.45) is 3.39. The van der Waals surface area contributed by atoms with E-state index in [1.54, 1.807) is 22.7 Å². The maximum absolute atomic E-state index is 11.1. The number of nitrogens with one attached hydrogen (secondary N) is 1. The summed E-state index contributed by atoms with van der Waals surface area (Å²) in [6.45, 7) is 0.867. The third kappa shape index (κ3) is 2.28. The summed E-state index contributed by atoms with van der Waals surface area (Å²) in [5.41, 5.74) is 6.81. The number of nitrogens with zero attached hydrogens (tertiary/aromatic N) is 2. The minimum Gasteiger partial charge on any atom is -0.476 e. The van der Waals surface area contributed by atoms with Gasteiger partial charge in [-0.1, -0.05) is 0 Å². The fourth-order valence-corrected chi connectivity index (χ4v) is 1.92. The zero-order valence-corrected chi connectivity index (χ0v) is 10.2. The van der Waals surface area contributed by atoms with Crippen molar-refractivity contribution >= 4 is 17.2 Å². The molecule has 6 nitrogen and oxygen atoms in total. The average Bonchev–Trinajstić information content (AvgIpc) is 2.68. The van der Waals surface area contributed by atoms with Gasteiger partial charge in [0.1, 0.15) is 5.82 Å². The summed E-state index contributed by atoms with van der Waals surface area (Å²) in [4.78, 5) is 15.3. The molecule has 2 aromatic heterocycles. The Morgan fingerprint density at radius 3 is 3.06 bits per heavy atom. The Morgan fingerprint density at radius 2 is 2.39 bits per heavy atom. The molecule has 0 radical (unpaired) electrons. The van der Waals surface area contributed by atoms with Gasteiger partial charge in [0, 0.05) is 18.3 Å². The van der Waals surface area contributed by atoms with Crippen molar-refractivity contribution < 1.29 is 9.90 Å². The molecule has 0 aliphatic carbocycles. The third-order valence-corrected chi connectivity index (χ3v) is 2.77. The molecule has 0 saturated carbocycles. The quantitative estimate of drug-likeness (QED) is 0.679. The number of imidazole rings is 1. The molecule has 0 fully saturated rings. The SMILES string of the molecule is CNCCCc1nc(C(=O)O)c2cc(N)ccn12. The van der Waals surface area contributed by atoms with Crippen LogP contribution in [0.25, 0.3) is 5.52 Å². The molecule has 0 aliphatic heterocycles. The van der Waals surface area contributed by atoms with Crippen molar-refractivity contribution in [1.82, 2.24) is 14.7 Å². The highest BCUT2D eigenvalue weighted by Crippen LogP contribution is 2.17. The van der Waals surface area contributed by atoms with Crippen molar-refractivity contribution in [3.05, 3.63) is 29.8 Å². The molecule has 18 heavy (non-hydrogen) atoms. The van der Waals surface area contributed by atoms with Gasteiger partial charge in [-0.05, 0) is 32.1 Å². The average molecular weight is 248 g/mol. The summed E-state index contributed by atoms with van der Waals surface area (Å²) in [5.74, 6) is -0.282. The summed E-state index contributed by atoms with van der Waals surface area (Å²) in [7, 11) is 1.88. The molecular weight excluding hydrogens is 232 g/mol. The monoisotopic (exact) mass is 248 g/mol. The zero-order chi connectivity index (χ0) is 13.1. The Kier molecular flexibility index (Phi) is 3.47. The first-order valence-corrected chi connectivity index (χ1v) is 5.78. The van der Waals surface area contributed by atoms with E-state index in [4.69, 9.17) is 10.8 Å². The van der Waals surface area contributed by atoms with Gasteiger partial charge in [-0.2, -0.15) is 0 Å². The van der Waals surface area contributed by atoms with Gasteiger partial charge < -0.3 is 20.6 Å². The van der Waals surface area contributed by atoms with E-state index in [9.17, 15) is 4.79 Å². The van der Waals surface area contributed by atoms with Crippen LogP contribution in [-0.2, 0) is 6.42 Å². The second kappa shape index (κ2) is 5.05. The first-order valence-electron chi connectivity index (χ1n) is 5.78. The van der Waals surface area contributed by atoms with Crippen LogP contribution in [0.5, 0.6) is 0 Å². The number of anilines is 1. The van der Waals surface area contributed by atoms with Crippen LogP contribution in [0, 0.1) is 0 Å². The van der Waals surface area contributed by atoms with E-state index in [0.29, 0.717) is 11.2 Å². The maximum Gasteiger partial charge on any atom is 0.356 e. The first kappa shape index (κ1) is 12.4. The van der Waals surface area contributed by atoms with E-state index in [0.717, 1.165) is 25.2 Å². The molecular formula is C12H16N4O2. The molecule has 0 atom stereocenters. The number of nitrogens with two attached hydrogens (primary N) is 1. The summed E-state index contributed by atoms with van der Waals surface area (Å²) in [5, 5.41) is 12.2. The Labute approximate surface area is 104 Å². The van der Waals surface area contributed by atoms with Gasteiger partial charge in [0.15, 0.2) is 5.69 Å². The number of aromatic carboxylic acids is 1. The van der Waals surface area contributed by atoms with Crippen LogP contribution in [0.4, 0.5) is 5.69 Å². The standard InChI is InChI=1S/C12H16N4O2/c1-14-5-2-3-10-15-11(12(17)18)9-7-8(13)4-6-16(9)10/h4,6-7,14H,2-3,5,13H2,1H3,(H,17,18). The van der Waals surface area contributed by atoms with Crippen molar-refractivity contribution in [2.24, 2.45) is 0 Å². The van der Waals surface area contributed by atoms with Crippen LogP contribution in [0.2, 0.25) is 0 Å². The highest BCUT2D eigenvalue weighted by Gasteiger charge is 2.16. The number of hydrogen-bond donors (Lipinski definition) is 3. The summed E-state index contributed by atoms with van der Waals surface area (Å²) < 4.78 is 1.79. The number of nitrogen functional groups attached to an aromatic ring is 1. The van der Waals surface area contributed by atoms with Crippen LogP contribution < -0.4 is 11.1 Å². The van der Waals surface area contributed by atoms with Crippen LogP contribution in [0.1, 0.15) is 22.7 Å². The van der Waals surface area contributed by atoms with Gasteiger partial charge in [0.05, 0.1) is 5.52 Å². The van der Waals surface area contributed by atoms with E-state index in [1.165, 1.54) is 0 Å². The molecule has 2 aromatic rings. The van der Waals surface area contributed by atoms with Crippen LogP contribution in [-0.4, -0.2) is 34.1 Å². The van der Waals surface area contributed by atoms with E-state index >= 15 is 0 Å². The number of aryl methyl sites for hydroxylation is 1. The number of aromatic nitrogens is 2. The lowest BCUT2D eigenvalue weighted by molar-refractivity contribution is 0.0693. The van der Waals surface area contributed by atoms with E-state index in [1.807, 2.05) is 7.05 Å². The van der Waals surface area contributed by atoms with Gasteiger partial charge in [0.2, 0.25) is 0 Å². The summed E-state index contributed by atoms with van der Waals surface area (Å²) in [6, 6.07) is 3.37. The van der Waals surface area contributed by atoms with E-state index in [2.05, 4.69) is 10.3 Å². The van der Waals surface area contributed by atoms with Gasteiger partial charge in [-0.15, -0.1) is 0 Å². The Hall–Kier alpha value is -2.08. The number of carboxylic acid groups (broad SMARTS) is 1. The number of rotatable bonds is 5. The molecule has 0 amide bonds. The minimum absolute atomic E-state index is 0.0572. The molecule has 0 aromatic carbocycles. The van der Waals surface area contributed by atoms with Crippen molar-refractivity contribution in [3.63, 3.8) is 0 Å². The molecule has 2 rings (SSSR count).